The molecule has 1 rings (SSSR count). The molecular formula is C11H18IN5O2. The smallest absolute Gasteiger partial charge is 0.235 e. The number of rotatable bonds is 8. The minimum atomic E-state index is -0.469. The average Bonchev–Trinajstić information content (AvgIpc) is 2.80. The summed E-state index contributed by atoms with van der Waals surface area (Å²) in [5, 5.41) is 7.89. The number of nitrogens with zero attached hydrogens (tertiary/aromatic N) is 3. The largest absolute Gasteiger partial charge is 0.368 e. The normalized spacial score (nSPS) is 12.6. The summed E-state index contributed by atoms with van der Waals surface area (Å²) in [6, 6.07) is -0.469. The summed E-state index contributed by atoms with van der Waals surface area (Å²) >= 11 is 1.88. The van der Waals surface area contributed by atoms with Crippen LogP contribution in [0.4, 0.5) is 0 Å². The van der Waals surface area contributed by atoms with Crippen molar-refractivity contribution < 1.29 is 9.59 Å². The van der Waals surface area contributed by atoms with Crippen LogP contribution < -0.4 is 9.26 Å². The van der Waals surface area contributed by atoms with Crippen molar-refractivity contribution in [2.75, 3.05) is 0 Å². The van der Waals surface area contributed by atoms with Crippen LogP contribution in [0.15, 0.2) is 6.20 Å². The van der Waals surface area contributed by atoms with Crippen LogP contribution in [-0.2, 0) is 22.6 Å². The molecule has 7 nitrogen and oxygen atoms in total. The van der Waals surface area contributed by atoms with Crippen molar-refractivity contribution in [1.29, 1.82) is 0 Å². The fourth-order valence-electron chi connectivity index (χ4n) is 1.46. The number of hydrogen-bond donors (Lipinski definition) is 2. The minimum absolute atomic E-state index is 0.0328. The van der Waals surface area contributed by atoms with E-state index in [1.807, 2.05) is 36.7 Å². The maximum absolute atomic E-state index is 11.5. The summed E-state index contributed by atoms with van der Waals surface area (Å²) in [6.45, 7) is 4.25. The molecule has 0 aromatic carbocycles. The van der Waals surface area contributed by atoms with Crippen molar-refractivity contribution in [3.05, 3.63) is 11.9 Å². The van der Waals surface area contributed by atoms with E-state index in [1.165, 1.54) is 0 Å². The van der Waals surface area contributed by atoms with Crippen LogP contribution >= 0.6 is 22.9 Å². The number of carbonyl (C=O) groups excluding carboxylic acids is 2. The van der Waals surface area contributed by atoms with Crippen LogP contribution in [0.3, 0.4) is 0 Å². The number of aromatic nitrogens is 3. The molecule has 1 amide bonds. The van der Waals surface area contributed by atoms with E-state index in [0.717, 1.165) is 0 Å². The van der Waals surface area contributed by atoms with E-state index in [0.29, 0.717) is 25.1 Å². The van der Waals surface area contributed by atoms with E-state index in [4.69, 9.17) is 5.73 Å². The summed E-state index contributed by atoms with van der Waals surface area (Å²) in [5.74, 6) is -0.203. The highest BCUT2D eigenvalue weighted by Gasteiger charge is 2.16. The van der Waals surface area contributed by atoms with Gasteiger partial charge in [0, 0.05) is 54.4 Å². The lowest BCUT2D eigenvalue weighted by Gasteiger charge is -2.07. The van der Waals surface area contributed by atoms with Gasteiger partial charge in [-0.1, -0.05) is 19.1 Å². The molecule has 0 aliphatic heterocycles. The first-order valence-corrected chi connectivity index (χ1v) is 7.09. The molecule has 0 fully saturated rings. The van der Waals surface area contributed by atoms with Gasteiger partial charge >= 0.3 is 0 Å². The molecule has 1 atom stereocenters. The molecule has 1 aromatic rings. The Bertz CT molecular complexity index is 446. The number of halogens is 1. The maximum atomic E-state index is 11.5. The molecule has 0 aliphatic carbocycles. The molecule has 19 heavy (non-hydrogen) atoms. The molecule has 1 heterocycles. The van der Waals surface area contributed by atoms with Gasteiger partial charge in [-0.15, -0.1) is 5.10 Å². The molecule has 1 unspecified atom stereocenters. The van der Waals surface area contributed by atoms with Crippen LogP contribution in [0.1, 0.15) is 26.0 Å². The highest BCUT2D eigenvalue weighted by molar-refractivity contribution is 14.1. The third kappa shape index (κ3) is 5.23. The second-order valence-corrected chi connectivity index (χ2v) is 5.23. The van der Waals surface area contributed by atoms with Gasteiger partial charge in [0.2, 0.25) is 5.91 Å². The van der Waals surface area contributed by atoms with Gasteiger partial charge in [0.25, 0.3) is 0 Å². The van der Waals surface area contributed by atoms with E-state index >= 15 is 0 Å². The summed E-state index contributed by atoms with van der Waals surface area (Å²) < 4.78 is 4.40. The molecule has 0 spiro atoms. The summed E-state index contributed by atoms with van der Waals surface area (Å²) in [7, 11) is 0. The fourth-order valence-corrected chi connectivity index (χ4v) is 1.98. The first-order chi connectivity index (χ1) is 8.93. The van der Waals surface area contributed by atoms with Gasteiger partial charge in [-0.2, -0.15) is 0 Å². The second kappa shape index (κ2) is 7.53. The average molecular weight is 379 g/mol. The van der Waals surface area contributed by atoms with Crippen LogP contribution in [0.2, 0.25) is 0 Å². The Morgan fingerprint density at radius 1 is 1.53 bits per heavy atom. The number of carbonyl (C=O) groups is 2. The third-order valence-electron chi connectivity index (χ3n) is 2.71. The Morgan fingerprint density at radius 3 is 2.74 bits per heavy atom. The van der Waals surface area contributed by atoms with Crippen molar-refractivity contribution in [3.8, 4) is 0 Å². The summed E-state index contributed by atoms with van der Waals surface area (Å²) in [5.41, 5.74) is 5.90. The zero-order valence-electron chi connectivity index (χ0n) is 11.0. The number of nitrogens with two attached hydrogens (primary N) is 1. The first-order valence-electron chi connectivity index (χ1n) is 6.01. The number of nitrogens with one attached hydrogen (secondary N) is 1. The molecule has 0 saturated heterocycles. The zero-order valence-corrected chi connectivity index (χ0v) is 13.1. The monoisotopic (exact) mass is 379 g/mol. The maximum Gasteiger partial charge on any atom is 0.235 e. The number of amides is 1. The van der Waals surface area contributed by atoms with Crippen molar-refractivity contribution in [2.24, 2.45) is 11.7 Å². The summed E-state index contributed by atoms with van der Waals surface area (Å²) in [4.78, 5) is 22.6. The van der Waals surface area contributed by atoms with E-state index < -0.39 is 11.9 Å². The third-order valence-corrected chi connectivity index (χ3v) is 3.46. The van der Waals surface area contributed by atoms with Gasteiger partial charge in [-0.05, 0) is 0 Å². The van der Waals surface area contributed by atoms with Crippen molar-refractivity contribution in [2.45, 2.75) is 39.3 Å². The predicted octanol–water partition coefficient (Wildman–Crippen LogP) is 0.229. The van der Waals surface area contributed by atoms with Crippen molar-refractivity contribution in [1.82, 2.24) is 18.5 Å². The molecular weight excluding hydrogens is 361 g/mol. The van der Waals surface area contributed by atoms with Gasteiger partial charge in [-0.25, -0.2) is 3.53 Å². The van der Waals surface area contributed by atoms with Gasteiger partial charge in [0.15, 0.2) is 0 Å². The standard InChI is InChI=1S/C11H18IN5O2/c1-7(2)10(18)3-4-17-6-8(15-16-17)5-9(14-12)11(13)19/h6-7,9,14H,3-5H2,1-2H3,(H2,13,19). The molecule has 0 saturated carbocycles. The number of aryl methyl sites for hydroxylation is 1. The molecule has 0 aliphatic rings. The van der Waals surface area contributed by atoms with Crippen LogP contribution in [-0.4, -0.2) is 32.7 Å². The van der Waals surface area contributed by atoms with Crippen molar-refractivity contribution in [3.63, 3.8) is 0 Å². The SMILES string of the molecule is CC(C)C(=O)CCn1cc(CC(NI)C(N)=O)nn1. The topological polar surface area (TPSA) is 103 Å². The lowest BCUT2D eigenvalue weighted by molar-refractivity contribution is -0.122. The number of ketones is 1. The van der Waals surface area contributed by atoms with E-state index in [9.17, 15) is 9.59 Å². The van der Waals surface area contributed by atoms with Gasteiger partial charge in [0.05, 0.1) is 5.69 Å². The summed E-state index contributed by atoms with van der Waals surface area (Å²) in [6.07, 6.45) is 2.55. The van der Waals surface area contributed by atoms with Gasteiger partial charge in [-0.3, -0.25) is 14.3 Å². The Balaban J connectivity index is 2.53. The Labute approximate surface area is 125 Å². The molecule has 106 valence electrons. The second-order valence-electron chi connectivity index (χ2n) is 4.61. The lowest BCUT2D eigenvalue weighted by Crippen LogP contribution is -2.38. The van der Waals surface area contributed by atoms with E-state index in [2.05, 4.69) is 13.8 Å². The quantitative estimate of drug-likeness (QED) is 0.497. The number of Topliss-reactive ketones (excluding diaryl/α,β-unsaturated/α-hetero) is 1. The Kier molecular flexibility index (Phi) is 6.35. The Hall–Kier alpha value is -1.03. The van der Waals surface area contributed by atoms with Crippen molar-refractivity contribution >= 4 is 34.6 Å². The molecule has 1 aromatic heterocycles. The van der Waals surface area contributed by atoms with Gasteiger partial charge < -0.3 is 5.73 Å². The fraction of sp³-hybridized carbons (Fsp3) is 0.636. The minimum Gasteiger partial charge on any atom is -0.368 e. The number of primary amides is 1. The molecule has 0 bridgehead atoms. The Morgan fingerprint density at radius 2 is 2.21 bits per heavy atom. The van der Waals surface area contributed by atoms with Crippen LogP contribution in [0.25, 0.3) is 0 Å². The van der Waals surface area contributed by atoms with E-state index in [-0.39, 0.29) is 11.7 Å². The first kappa shape index (κ1) is 16.0. The van der Waals surface area contributed by atoms with Gasteiger partial charge in [0.1, 0.15) is 11.8 Å². The lowest BCUT2D eigenvalue weighted by atomic mass is 10.1. The molecule has 3 N–H and O–H groups in total. The number of hydrogen-bond acceptors (Lipinski definition) is 5. The zero-order chi connectivity index (χ0) is 14.4. The highest BCUT2D eigenvalue weighted by Crippen LogP contribution is 2.03. The molecule has 8 heteroatoms. The highest BCUT2D eigenvalue weighted by atomic mass is 127. The van der Waals surface area contributed by atoms with Crippen LogP contribution in [0.5, 0.6) is 0 Å². The van der Waals surface area contributed by atoms with Crippen LogP contribution in [0, 0.1) is 5.92 Å². The predicted molar refractivity (Wildman–Crippen MR) is 78.3 cm³/mol. The van der Waals surface area contributed by atoms with E-state index in [1.54, 1.807) is 10.9 Å². The molecule has 0 radical (unpaired) electrons.